The van der Waals surface area contributed by atoms with Crippen LogP contribution in [0.2, 0.25) is 0 Å². The van der Waals surface area contributed by atoms with Gasteiger partial charge in [0.25, 0.3) is 0 Å². The zero-order chi connectivity index (χ0) is 11.4. The van der Waals surface area contributed by atoms with Crippen LogP contribution in [-0.2, 0) is 6.54 Å². The Bertz CT molecular complexity index is 449. The molecule has 5 heteroatoms. The first kappa shape index (κ1) is 10.6. The topological polar surface area (TPSA) is 52.0 Å². The lowest BCUT2D eigenvalue weighted by atomic mass is 10.3. The van der Waals surface area contributed by atoms with Gasteiger partial charge in [0.15, 0.2) is 5.82 Å². The Labute approximate surface area is 94.1 Å². The Morgan fingerprint density at radius 3 is 2.69 bits per heavy atom. The van der Waals surface area contributed by atoms with Crippen molar-refractivity contribution in [2.75, 3.05) is 14.2 Å². The lowest BCUT2D eigenvalue weighted by molar-refractivity contribution is 0.414. The summed E-state index contributed by atoms with van der Waals surface area (Å²) < 4.78 is 6.84. The Kier molecular flexibility index (Phi) is 3.16. The maximum absolute atomic E-state index is 5.09. The van der Waals surface area contributed by atoms with Crippen LogP contribution in [0.25, 0.3) is 5.69 Å². The van der Waals surface area contributed by atoms with Gasteiger partial charge in [-0.05, 0) is 31.3 Å². The summed E-state index contributed by atoms with van der Waals surface area (Å²) in [5.74, 6) is 1.61. The molecule has 1 aromatic carbocycles. The Morgan fingerprint density at radius 1 is 1.31 bits per heavy atom. The van der Waals surface area contributed by atoms with Crippen LogP contribution < -0.4 is 10.1 Å². The van der Waals surface area contributed by atoms with Crippen molar-refractivity contribution in [1.29, 1.82) is 0 Å². The molecule has 0 amide bonds. The molecule has 0 radical (unpaired) electrons. The molecule has 0 atom stereocenters. The quantitative estimate of drug-likeness (QED) is 0.831. The van der Waals surface area contributed by atoms with E-state index in [1.54, 1.807) is 18.1 Å². The minimum absolute atomic E-state index is 0.670. The van der Waals surface area contributed by atoms with Gasteiger partial charge < -0.3 is 10.1 Å². The highest BCUT2D eigenvalue weighted by Crippen LogP contribution is 2.13. The molecule has 0 bridgehead atoms. The molecule has 0 spiro atoms. The summed E-state index contributed by atoms with van der Waals surface area (Å²) in [5.41, 5.74) is 0.968. The van der Waals surface area contributed by atoms with Crippen LogP contribution in [0.4, 0.5) is 0 Å². The van der Waals surface area contributed by atoms with Crippen LogP contribution in [-0.4, -0.2) is 28.9 Å². The zero-order valence-corrected chi connectivity index (χ0v) is 9.34. The fourth-order valence-corrected chi connectivity index (χ4v) is 1.40. The first-order valence-electron chi connectivity index (χ1n) is 5.03. The number of benzene rings is 1. The van der Waals surface area contributed by atoms with Crippen molar-refractivity contribution >= 4 is 0 Å². The highest BCUT2D eigenvalue weighted by molar-refractivity contribution is 5.36. The highest BCUT2D eigenvalue weighted by atomic mass is 16.5. The number of methoxy groups -OCH3 is 1. The van der Waals surface area contributed by atoms with E-state index in [0.717, 1.165) is 17.3 Å². The third kappa shape index (κ3) is 2.20. The van der Waals surface area contributed by atoms with Gasteiger partial charge >= 0.3 is 0 Å². The van der Waals surface area contributed by atoms with Crippen molar-refractivity contribution in [2.24, 2.45) is 0 Å². The molecule has 0 aliphatic heterocycles. The van der Waals surface area contributed by atoms with Gasteiger partial charge in [-0.2, -0.15) is 0 Å². The van der Waals surface area contributed by atoms with Crippen molar-refractivity contribution < 1.29 is 4.74 Å². The molecule has 0 unspecified atom stereocenters. The van der Waals surface area contributed by atoms with E-state index in [9.17, 15) is 0 Å². The van der Waals surface area contributed by atoms with Crippen LogP contribution in [0, 0.1) is 0 Å². The summed E-state index contributed by atoms with van der Waals surface area (Å²) in [6.07, 6.45) is 1.70. The molecule has 16 heavy (non-hydrogen) atoms. The van der Waals surface area contributed by atoms with E-state index in [2.05, 4.69) is 15.4 Å². The van der Waals surface area contributed by atoms with Gasteiger partial charge in [0.05, 0.1) is 19.3 Å². The third-order valence-electron chi connectivity index (χ3n) is 2.21. The average Bonchev–Trinajstić information content (AvgIpc) is 2.78. The number of hydrogen-bond acceptors (Lipinski definition) is 4. The van der Waals surface area contributed by atoms with Gasteiger partial charge in [-0.15, -0.1) is 5.10 Å². The maximum Gasteiger partial charge on any atom is 0.164 e. The second-order valence-electron chi connectivity index (χ2n) is 3.33. The largest absolute Gasteiger partial charge is 0.497 e. The van der Waals surface area contributed by atoms with E-state index in [0.29, 0.717) is 6.54 Å². The first-order valence-corrected chi connectivity index (χ1v) is 5.03. The molecule has 0 aliphatic carbocycles. The van der Waals surface area contributed by atoms with Crippen molar-refractivity contribution in [2.45, 2.75) is 6.54 Å². The van der Waals surface area contributed by atoms with Crippen LogP contribution in [0.1, 0.15) is 5.82 Å². The summed E-state index contributed by atoms with van der Waals surface area (Å²) in [6.45, 7) is 0.670. The predicted octanol–water partition coefficient (Wildman–Crippen LogP) is 0.995. The average molecular weight is 218 g/mol. The van der Waals surface area contributed by atoms with E-state index < -0.39 is 0 Å². The molecule has 5 nitrogen and oxygen atoms in total. The number of rotatable bonds is 4. The summed E-state index contributed by atoms with van der Waals surface area (Å²) in [5, 5.41) is 7.34. The SMILES string of the molecule is CNCc1ncn(-c2ccc(OC)cc2)n1. The molecule has 1 heterocycles. The lowest BCUT2D eigenvalue weighted by Gasteiger charge is -2.02. The Balaban J connectivity index is 2.21. The third-order valence-corrected chi connectivity index (χ3v) is 2.21. The first-order chi connectivity index (χ1) is 7.83. The fourth-order valence-electron chi connectivity index (χ4n) is 1.40. The van der Waals surface area contributed by atoms with Gasteiger partial charge in [-0.25, -0.2) is 9.67 Å². The van der Waals surface area contributed by atoms with Crippen molar-refractivity contribution in [1.82, 2.24) is 20.1 Å². The summed E-state index contributed by atoms with van der Waals surface area (Å²) in [4.78, 5) is 4.18. The molecule has 0 aliphatic rings. The van der Waals surface area contributed by atoms with E-state index in [1.807, 2.05) is 31.3 Å². The maximum atomic E-state index is 5.09. The molecular formula is C11H14N4O. The van der Waals surface area contributed by atoms with Gasteiger partial charge in [0.1, 0.15) is 12.1 Å². The zero-order valence-electron chi connectivity index (χ0n) is 9.34. The van der Waals surface area contributed by atoms with Crippen molar-refractivity contribution in [3.63, 3.8) is 0 Å². The van der Waals surface area contributed by atoms with Crippen LogP contribution in [0.15, 0.2) is 30.6 Å². The smallest absolute Gasteiger partial charge is 0.164 e. The van der Waals surface area contributed by atoms with Crippen LogP contribution >= 0.6 is 0 Å². The normalized spacial score (nSPS) is 10.4. The molecular weight excluding hydrogens is 204 g/mol. The second kappa shape index (κ2) is 4.76. The van der Waals surface area contributed by atoms with E-state index in [1.165, 1.54) is 0 Å². The minimum atomic E-state index is 0.670. The summed E-state index contributed by atoms with van der Waals surface area (Å²) in [7, 11) is 3.52. The standard InChI is InChI=1S/C11H14N4O/c1-12-7-11-13-8-15(14-11)9-3-5-10(16-2)6-4-9/h3-6,8,12H,7H2,1-2H3. The van der Waals surface area contributed by atoms with Gasteiger partial charge in [-0.1, -0.05) is 0 Å². The summed E-state index contributed by atoms with van der Waals surface area (Å²) >= 11 is 0. The van der Waals surface area contributed by atoms with E-state index in [-0.39, 0.29) is 0 Å². The number of aromatic nitrogens is 3. The van der Waals surface area contributed by atoms with Gasteiger partial charge in [0.2, 0.25) is 0 Å². The predicted molar refractivity (Wildman–Crippen MR) is 60.7 cm³/mol. The number of hydrogen-bond donors (Lipinski definition) is 1. The molecule has 0 saturated carbocycles. The van der Waals surface area contributed by atoms with Gasteiger partial charge in [0, 0.05) is 0 Å². The minimum Gasteiger partial charge on any atom is -0.497 e. The lowest BCUT2D eigenvalue weighted by Crippen LogP contribution is -2.07. The number of ether oxygens (including phenoxy) is 1. The van der Waals surface area contributed by atoms with Gasteiger partial charge in [-0.3, -0.25) is 0 Å². The second-order valence-corrected chi connectivity index (χ2v) is 3.33. The molecule has 2 aromatic rings. The molecule has 1 aromatic heterocycles. The number of nitrogens with one attached hydrogen (secondary N) is 1. The number of nitrogens with zero attached hydrogens (tertiary/aromatic N) is 3. The fraction of sp³-hybridized carbons (Fsp3) is 0.273. The van der Waals surface area contributed by atoms with E-state index >= 15 is 0 Å². The van der Waals surface area contributed by atoms with Crippen molar-refractivity contribution in [3.8, 4) is 11.4 Å². The molecule has 1 N–H and O–H groups in total. The summed E-state index contributed by atoms with van der Waals surface area (Å²) in [6, 6.07) is 7.68. The monoisotopic (exact) mass is 218 g/mol. The van der Waals surface area contributed by atoms with Crippen LogP contribution in [0.3, 0.4) is 0 Å². The van der Waals surface area contributed by atoms with Crippen molar-refractivity contribution in [3.05, 3.63) is 36.4 Å². The Morgan fingerprint density at radius 2 is 2.06 bits per heavy atom. The molecule has 0 fully saturated rings. The Hall–Kier alpha value is -1.88. The highest BCUT2D eigenvalue weighted by Gasteiger charge is 2.01. The molecule has 2 rings (SSSR count). The molecule has 0 saturated heterocycles. The van der Waals surface area contributed by atoms with Crippen LogP contribution in [0.5, 0.6) is 5.75 Å². The molecule has 84 valence electrons. The van der Waals surface area contributed by atoms with E-state index in [4.69, 9.17) is 4.74 Å².